The number of aliphatic carboxylic acids is 1. The molecule has 0 aliphatic carbocycles. The number of oxazole rings is 1. The predicted molar refractivity (Wildman–Crippen MR) is 80.8 cm³/mol. The van der Waals surface area contributed by atoms with Crippen LogP contribution in [0, 0.1) is 6.92 Å². The van der Waals surface area contributed by atoms with Crippen molar-refractivity contribution in [3.05, 3.63) is 36.4 Å². The summed E-state index contributed by atoms with van der Waals surface area (Å²) in [5, 5.41) is 11.6. The fraction of sp³-hybridized carbons (Fsp3) is 0.312. The van der Waals surface area contributed by atoms with Crippen molar-refractivity contribution in [2.45, 2.75) is 32.0 Å². The van der Waals surface area contributed by atoms with Gasteiger partial charge in [-0.3, -0.25) is 4.79 Å². The minimum absolute atomic E-state index is 0.336. The summed E-state index contributed by atoms with van der Waals surface area (Å²) in [7, 11) is 0. The van der Waals surface area contributed by atoms with Gasteiger partial charge >= 0.3 is 5.97 Å². The van der Waals surface area contributed by atoms with E-state index in [-0.39, 0.29) is 5.91 Å². The molecule has 3 rings (SSSR count). The molecule has 120 valence electrons. The molecule has 0 bridgehead atoms. The highest BCUT2D eigenvalue weighted by Crippen LogP contribution is 2.24. The van der Waals surface area contributed by atoms with Crippen molar-refractivity contribution in [1.29, 1.82) is 0 Å². The highest BCUT2D eigenvalue weighted by atomic mass is 16.5. The van der Waals surface area contributed by atoms with E-state index in [9.17, 15) is 9.59 Å². The monoisotopic (exact) mass is 316 g/mol. The third-order valence-electron chi connectivity index (χ3n) is 3.65. The zero-order valence-electron chi connectivity index (χ0n) is 12.5. The molecule has 1 aliphatic rings. The van der Waals surface area contributed by atoms with Crippen molar-refractivity contribution < 1.29 is 23.8 Å². The third kappa shape index (κ3) is 3.40. The maximum atomic E-state index is 12.1. The lowest BCUT2D eigenvalue weighted by Gasteiger charge is -2.12. The maximum absolute atomic E-state index is 12.1. The van der Waals surface area contributed by atoms with Crippen LogP contribution in [0.2, 0.25) is 0 Å². The number of benzene rings is 1. The van der Waals surface area contributed by atoms with Crippen LogP contribution in [0.3, 0.4) is 0 Å². The molecule has 1 fully saturated rings. The Morgan fingerprint density at radius 2 is 1.91 bits per heavy atom. The number of aryl methyl sites for hydroxylation is 1. The molecule has 2 N–H and O–H groups in total. The lowest BCUT2D eigenvalue weighted by molar-refractivity contribution is -0.150. The van der Waals surface area contributed by atoms with Crippen molar-refractivity contribution >= 4 is 17.6 Å². The molecule has 2 atom stereocenters. The van der Waals surface area contributed by atoms with Crippen molar-refractivity contribution in [1.82, 2.24) is 4.98 Å². The van der Waals surface area contributed by atoms with E-state index in [1.54, 1.807) is 25.3 Å². The summed E-state index contributed by atoms with van der Waals surface area (Å²) in [6.45, 7) is 1.77. The Hall–Kier alpha value is -2.67. The number of hydrogen-bond donors (Lipinski definition) is 2. The summed E-state index contributed by atoms with van der Waals surface area (Å²) in [6, 6.07) is 7.11. The number of nitrogens with one attached hydrogen (secondary N) is 1. The summed E-state index contributed by atoms with van der Waals surface area (Å²) in [4.78, 5) is 27.0. The molecule has 23 heavy (non-hydrogen) atoms. The number of anilines is 1. The van der Waals surface area contributed by atoms with Crippen LogP contribution in [-0.4, -0.2) is 34.2 Å². The molecule has 0 saturated carbocycles. The third-order valence-corrected chi connectivity index (χ3v) is 3.65. The van der Waals surface area contributed by atoms with Gasteiger partial charge in [-0.15, -0.1) is 0 Å². The normalized spacial score (nSPS) is 20.4. The van der Waals surface area contributed by atoms with Gasteiger partial charge in [0.25, 0.3) is 5.91 Å². The SMILES string of the molecule is Cc1ncc(-c2ccc(NC(=O)[C@@H]3CC[C@H](C(=O)O)O3)cc2)o1. The van der Waals surface area contributed by atoms with Crippen molar-refractivity contribution in [3.8, 4) is 11.3 Å². The van der Waals surface area contributed by atoms with Crippen LogP contribution < -0.4 is 5.32 Å². The average Bonchev–Trinajstić information content (AvgIpc) is 3.17. The van der Waals surface area contributed by atoms with E-state index >= 15 is 0 Å². The molecule has 7 heteroatoms. The first-order chi connectivity index (χ1) is 11.0. The Morgan fingerprint density at radius 1 is 1.22 bits per heavy atom. The summed E-state index contributed by atoms with van der Waals surface area (Å²) in [5.41, 5.74) is 1.46. The Kier molecular flexibility index (Phi) is 4.12. The number of carboxylic acids is 1. The van der Waals surface area contributed by atoms with E-state index in [2.05, 4.69) is 10.3 Å². The second-order valence-electron chi connectivity index (χ2n) is 5.34. The molecule has 2 aromatic rings. The lowest BCUT2D eigenvalue weighted by Crippen LogP contribution is -2.29. The smallest absolute Gasteiger partial charge is 0.332 e. The van der Waals surface area contributed by atoms with Gasteiger partial charge in [-0.05, 0) is 37.1 Å². The number of aromatic nitrogens is 1. The van der Waals surface area contributed by atoms with Crippen LogP contribution in [0.15, 0.2) is 34.9 Å². The Bertz CT molecular complexity index is 722. The Morgan fingerprint density at radius 3 is 2.48 bits per heavy atom. The standard InChI is InChI=1S/C16H16N2O5/c1-9-17-8-14(22-9)10-2-4-11(5-3-10)18-15(19)12-6-7-13(23-12)16(20)21/h2-5,8,12-13H,6-7H2,1H3,(H,18,19)(H,20,21)/t12-,13+/m0/s1. The first-order valence-corrected chi connectivity index (χ1v) is 7.25. The van der Waals surface area contributed by atoms with Gasteiger partial charge in [0, 0.05) is 18.2 Å². The second kappa shape index (κ2) is 6.21. The molecule has 0 spiro atoms. The molecule has 1 aromatic carbocycles. The molecular formula is C16H16N2O5. The van der Waals surface area contributed by atoms with Crippen LogP contribution in [0.1, 0.15) is 18.7 Å². The van der Waals surface area contributed by atoms with Crippen molar-refractivity contribution in [2.24, 2.45) is 0 Å². The van der Waals surface area contributed by atoms with Crippen LogP contribution in [0.4, 0.5) is 5.69 Å². The Balaban J connectivity index is 1.62. The van der Waals surface area contributed by atoms with Gasteiger partial charge in [-0.25, -0.2) is 9.78 Å². The summed E-state index contributed by atoms with van der Waals surface area (Å²) < 4.78 is 10.6. The number of hydrogen-bond acceptors (Lipinski definition) is 5. The van der Waals surface area contributed by atoms with Crippen LogP contribution in [0.5, 0.6) is 0 Å². The summed E-state index contributed by atoms with van der Waals surface area (Å²) in [5.74, 6) is -0.128. The number of carbonyl (C=O) groups excluding carboxylic acids is 1. The maximum Gasteiger partial charge on any atom is 0.332 e. The van der Waals surface area contributed by atoms with Gasteiger partial charge in [-0.1, -0.05) is 0 Å². The summed E-state index contributed by atoms with van der Waals surface area (Å²) in [6.07, 6.45) is 0.757. The van der Waals surface area contributed by atoms with Crippen molar-refractivity contribution in [3.63, 3.8) is 0 Å². The summed E-state index contributed by atoms with van der Waals surface area (Å²) >= 11 is 0. The fourth-order valence-corrected chi connectivity index (χ4v) is 2.45. The number of nitrogens with zero attached hydrogens (tertiary/aromatic N) is 1. The number of rotatable bonds is 4. The quantitative estimate of drug-likeness (QED) is 0.896. The van der Waals surface area contributed by atoms with E-state index in [0.717, 1.165) is 5.56 Å². The minimum atomic E-state index is -1.04. The van der Waals surface area contributed by atoms with Crippen LogP contribution >= 0.6 is 0 Å². The first-order valence-electron chi connectivity index (χ1n) is 7.25. The topological polar surface area (TPSA) is 102 Å². The fourth-order valence-electron chi connectivity index (χ4n) is 2.45. The zero-order valence-corrected chi connectivity index (χ0v) is 12.5. The second-order valence-corrected chi connectivity index (χ2v) is 5.34. The number of carboxylic acid groups (broad SMARTS) is 1. The number of carbonyl (C=O) groups is 2. The molecule has 0 unspecified atom stereocenters. The van der Waals surface area contributed by atoms with E-state index < -0.39 is 18.2 Å². The van der Waals surface area contributed by atoms with E-state index in [1.165, 1.54) is 0 Å². The molecule has 2 heterocycles. The number of ether oxygens (including phenoxy) is 1. The van der Waals surface area contributed by atoms with E-state index in [0.29, 0.717) is 30.2 Å². The highest BCUT2D eigenvalue weighted by Gasteiger charge is 2.34. The van der Waals surface area contributed by atoms with Gasteiger partial charge in [0.1, 0.15) is 6.10 Å². The zero-order chi connectivity index (χ0) is 16.4. The van der Waals surface area contributed by atoms with Gasteiger partial charge in [0.2, 0.25) is 0 Å². The highest BCUT2D eigenvalue weighted by molar-refractivity contribution is 5.95. The largest absolute Gasteiger partial charge is 0.479 e. The minimum Gasteiger partial charge on any atom is -0.479 e. The molecule has 7 nitrogen and oxygen atoms in total. The molecule has 1 aliphatic heterocycles. The van der Waals surface area contributed by atoms with Gasteiger partial charge in [0.05, 0.1) is 6.20 Å². The molecule has 1 amide bonds. The number of amides is 1. The van der Waals surface area contributed by atoms with Gasteiger partial charge in [0.15, 0.2) is 17.8 Å². The predicted octanol–water partition coefficient (Wildman–Crippen LogP) is 2.22. The van der Waals surface area contributed by atoms with E-state index in [1.807, 2.05) is 12.1 Å². The van der Waals surface area contributed by atoms with Gasteiger partial charge < -0.3 is 19.6 Å². The average molecular weight is 316 g/mol. The molecule has 1 aromatic heterocycles. The molecule has 0 radical (unpaired) electrons. The Labute approximate surface area is 132 Å². The first kappa shape index (κ1) is 15.2. The van der Waals surface area contributed by atoms with Gasteiger partial charge in [-0.2, -0.15) is 0 Å². The molecular weight excluding hydrogens is 300 g/mol. The lowest BCUT2D eigenvalue weighted by atomic mass is 10.1. The van der Waals surface area contributed by atoms with Crippen molar-refractivity contribution in [2.75, 3.05) is 5.32 Å². The van der Waals surface area contributed by atoms with Crippen LogP contribution in [-0.2, 0) is 14.3 Å². The molecule has 1 saturated heterocycles. The van der Waals surface area contributed by atoms with E-state index in [4.69, 9.17) is 14.3 Å². The van der Waals surface area contributed by atoms with Crippen LogP contribution in [0.25, 0.3) is 11.3 Å².